The third kappa shape index (κ3) is 14.3. The zero-order valence-corrected chi connectivity index (χ0v) is 21.8. The molecule has 1 aromatic carbocycles. The first kappa shape index (κ1) is 33.3. The number of Topliss-reactive ketones (excluding diaryl/α,β-unsaturated/α-hetero) is 1. The number of rotatable bonds is 19. The summed E-state index contributed by atoms with van der Waals surface area (Å²) in [5.74, 6) is -4.63. The van der Waals surface area contributed by atoms with E-state index in [1.54, 1.807) is 0 Å². The number of carboxylic acid groups (broad SMARTS) is 1. The van der Waals surface area contributed by atoms with Crippen molar-refractivity contribution >= 4 is 41.5 Å². The summed E-state index contributed by atoms with van der Waals surface area (Å²) in [6.45, 7) is -1.40. The summed E-state index contributed by atoms with van der Waals surface area (Å²) in [6, 6.07) is 2.14. The largest absolute Gasteiger partial charge is 0.481 e. The van der Waals surface area contributed by atoms with Crippen molar-refractivity contribution in [3.8, 4) is 0 Å². The maximum atomic E-state index is 12.2. The predicted molar refractivity (Wildman–Crippen MR) is 131 cm³/mol. The van der Waals surface area contributed by atoms with Crippen molar-refractivity contribution in [2.75, 3.05) is 25.2 Å². The van der Waals surface area contributed by atoms with E-state index in [0.29, 0.717) is 0 Å². The van der Waals surface area contributed by atoms with Crippen LogP contribution in [-0.4, -0.2) is 76.2 Å². The van der Waals surface area contributed by atoms with Crippen LogP contribution in [0.15, 0.2) is 18.2 Å². The van der Waals surface area contributed by atoms with Gasteiger partial charge in [-0.1, -0.05) is 18.2 Å². The lowest BCUT2D eigenvalue weighted by molar-refractivity contribution is -0.763. The van der Waals surface area contributed by atoms with Crippen molar-refractivity contribution in [3.63, 3.8) is 0 Å². The van der Waals surface area contributed by atoms with Gasteiger partial charge in [0, 0.05) is 18.7 Å². The minimum Gasteiger partial charge on any atom is -0.481 e. The highest BCUT2D eigenvalue weighted by atomic mass is 32.2. The van der Waals surface area contributed by atoms with Crippen LogP contribution in [0.5, 0.6) is 0 Å². The van der Waals surface area contributed by atoms with Gasteiger partial charge in [-0.25, -0.2) is 14.4 Å². The van der Waals surface area contributed by atoms with Crippen molar-refractivity contribution in [1.29, 1.82) is 0 Å². The Morgan fingerprint density at radius 1 is 0.975 bits per heavy atom. The SMILES string of the molecule is COC(=O)[C@H](CSCC(=O)C(=O)OCc1cc(CO[N+](=O)[O-])cc(CO[N+](=O)[O-])c1)NC(=O)NCCCC(=O)O. The average molecular weight is 591 g/mol. The first-order chi connectivity index (χ1) is 18.9. The van der Waals surface area contributed by atoms with Crippen molar-refractivity contribution in [2.24, 2.45) is 0 Å². The van der Waals surface area contributed by atoms with Crippen LogP contribution in [0.3, 0.4) is 0 Å². The average Bonchev–Trinajstić information content (AvgIpc) is 2.90. The number of ether oxygens (including phenoxy) is 2. The van der Waals surface area contributed by atoms with Crippen LogP contribution in [0, 0.1) is 20.2 Å². The molecule has 0 aromatic heterocycles. The molecule has 0 bridgehead atoms. The van der Waals surface area contributed by atoms with Gasteiger partial charge in [0.25, 0.3) is 10.2 Å². The molecule has 1 rings (SSSR count). The van der Waals surface area contributed by atoms with Crippen molar-refractivity contribution in [3.05, 3.63) is 55.1 Å². The van der Waals surface area contributed by atoms with E-state index in [-0.39, 0.29) is 41.8 Å². The van der Waals surface area contributed by atoms with Gasteiger partial charge >= 0.3 is 23.9 Å². The van der Waals surface area contributed by atoms with Gasteiger partial charge in [-0.15, -0.1) is 20.2 Å². The lowest BCUT2D eigenvalue weighted by Gasteiger charge is -2.16. The summed E-state index contributed by atoms with van der Waals surface area (Å²) in [5.41, 5.74) is 0.687. The summed E-state index contributed by atoms with van der Waals surface area (Å²) < 4.78 is 9.55. The van der Waals surface area contributed by atoms with Crippen LogP contribution in [0.4, 0.5) is 4.79 Å². The highest BCUT2D eigenvalue weighted by Crippen LogP contribution is 2.15. The van der Waals surface area contributed by atoms with Gasteiger partial charge in [0.05, 0.1) is 12.9 Å². The van der Waals surface area contributed by atoms with E-state index in [0.717, 1.165) is 18.9 Å². The number of carbonyl (C=O) groups excluding carboxylic acids is 4. The number of hydrogen-bond donors (Lipinski definition) is 3. The molecule has 0 saturated heterocycles. The molecule has 0 aliphatic rings. The summed E-state index contributed by atoms with van der Waals surface area (Å²) >= 11 is 0.829. The zero-order chi connectivity index (χ0) is 30.1. The second kappa shape index (κ2) is 17.8. The van der Waals surface area contributed by atoms with Gasteiger partial charge in [0.1, 0.15) is 25.9 Å². The molecule has 3 N–H and O–H groups in total. The zero-order valence-electron chi connectivity index (χ0n) is 21.0. The molecule has 0 saturated carbocycles. The number of ketones is 1. The molecule has 0 radical (unpaired) electrons. The number of benzene rings is 1. The standard InChI is InChI=1S/C21H26N4O14S/c1-36-19(29)16(23-21(31)22-4-2-3-18(27)28)11-40-12-17(26)20(30)37-8-13-5-14(9-38-24(32)33)7-15(6-13)10-39-25(34)35/h5-7,16H,2-4,8-12H2,1H3,(H,27,28)(H2,22,23,31)/t16-/m0/s1. The molecule has 19 heteroatoms. The number of aliphatic carboxylic acids is 1. The lowest BCUT2D eigenvalue weighted by Crippen LogP contribution is -2.48. The Morgan fingerprint density at radius 2 is 1.52 bits per heavy atom. The molecule has 0 heterocycles. The molecular formula is C21H26N4O14S. The Labute approximate surface area is 229 Å². The van der Waals surface area contributed by atoms with E-state index >= 15 is 0 Å². The molecule has 0 unspecified atom stereocenters. The molecule has 0 aliphatic carbocycles. The Hall–Kier alpha value is -4.68. The number of carbonyl (C=O) groups is 5. The number of urea groups is 1. The van der Waals surface area contributed by atoms with Gasteiger partial charge < -0.3 is 34.9 Å². The van der Waals surface area contributed by atoms with E-state index < -0.39 is 71.5 Å². The normalized spacial score (nSPS) is 10.9. The molecular weight excluding hydrogens is 564 g/mol. The van der Waals surface area contributed by atoms with Crippen LogP contribution in [0.2, 0.25) is 0 Å². The highest BCUT2D eigenvalue weighted by Gasteiger charge is 2.23. The number of carboxylic acids is 1. The third-order valence-corrected chi connectivity index (χ3v) is 5.58. The maximum Gasteiger partial charge on any atom is 0.375 e. The topological polar surface area (TPSA) is 253 Å². The maximum absolute atomic E-state index is 12.2. The lowest BCUT2D eigenvalue weighted by atomic mass is 10.1. The molecule has 2 amide bonds. The molecule has 18 nitrogen and oxygen atoms in total. The highest BCUT2D eigenvalue weighted by molar-refractivity contribution is 8.00. The minimum absolute atomic E-state index is 0.0411. The summed E-state index contributed by atoms with van der Waals surface area (Å²) in [4.78, 5) is 88.1. The number of thioether (sulfide) groups is 1. The molecule has 0 aliphatic heterocycles. The molecule has 40 heavy (non-hydrogen) atoms. The van der Waals surface area contributed by atoms with Crippen LogP contribution in [0.25, 0.3) is 0 Å². The van der Waals surface area contributed by atoms with Crippen LogP contribution in [-0.2, 0) is 58.1 Å². The van der Waals surface area contributed by atoms with Crippen molar-refractivity contribution < 1.29 is 58.4 Å². The van der Waals surface area contributed by atoms with E-state index in [4.69, 9.17) is 9.84 Å². The van der Waals surface area contributed by atoms with Gasteiger partial charge in [-0.05, 0) is 23.1 Å². The minimum atomic E-state index is -1.23. The number of esters is 2. The molecule has 1 aromatic rings. The van der Waals surface area contributed by atoms with Crippen LogP contribution >= 0.6 is 11.8 Å². The molecule has 0 fully saturated rings. The van der Waals surface area contributed by atoms with Crippen molar-refractivity contribution in [1.82, 2.24) is 10.6 Å². The van der Waals surface area contributed by atoms with Crippen molar-refractivity contribution in [2.45, 2.75) is 38.7 Å². The Balaban J connectivity index is 2.63. The Morgan fingerprint density at radius 3 is 2.02 bits per heavy atom. The summed E-state index contributed by atoms with van der Waals surface area (Å²) in [7, 11) is 1.09. The Bertz CT molecular complexity index is 1060. The monoisotopic (exact) mass is 590 g/mol. The number of amides is 2. The third-order valence-electron chi connectivity index (χ3n) is 4.54. The number of nitrogens with one attached hydrogen (secondary N) is 2. The van der Waals surface area contributed by atoms with E-state index in [9.17, 15) is 44.2 Å². The number of methoxy groups -OCH3 is 1. The van der Waals surface area contributed by atoms with Gasteiger partial charge in [-0.3, -0.25) is 9.59 Å². The van der Waals surface area contributed by atoms with Crippen LogP contribution < -0.4 is 10.6 Å². The summed E-state index contributed by atoms with van der Waals surface area (Å²) in [6.07, 6.45) is 0.00926. The molecule has 220 valence electrons. The number of nitrogens with zero attached hydrogens (tertiary/aromatic N) is 2. The number of hydrogen-bond acceptors (Lipinski definition) is 14. The smallest absolute Gasteiger partial charge is 0.375 e. The van der Waals surface area contributed by atoms with Gasteiger partial charge in [-0.2, -0.15) is 11.8 Å². The van der Waals surface area contributed by atoms with E-state index in [1.165, 1.54) is 18.2 Å². The second-order valence-electron chi connectivity index (χ2n) is 7.64. The molecule has 1 atom stereocenters. The Kier molecular flexibility index (Phi) is 14.8. The fourth-order valence-corrected chi connectivity index (χ4v) is 3.74. The van der Waals surface area contributed by atoms with Crippen LogP contribution in [0.1, 0.15) is 29.5 Å². The fourth-order valence-electron chi connectivity index (χ4n) is 2.86. The fraction of sp³-hybridized carbons (Fsp3) is 0.476. The van der Waals surface area contributed by atoms with Gasteiger partial charge in [0.15, 0.2) is 0 Å². The van der Waals surface area contributed by atoms with Gasteiger partial charge in [0.2, 0.25) is 5.78 Å². The predicted octanol–water partition coefficient (Wildman–Crippen LogP) is 0.154. The second-order valence-corrected chi connectivity index (χ2v) is 8.67. The first-order valence-corrected chi connectivity index (χ1v) is 12.3. The summed E-state index contributed by atoms with van der Waals surface area (Å²) in [5, 5.41) is 32.1. The van der Waals surface area contributed by atoms with E-state index in [2.05, 4.69) is 25.0 Å². The molecule has 0 spiro atoms. The quantitative estimate of drug-likeness (QED) is 0.0637. The van der Waals surface area contributed by atoms with E-state index in [1.807, 2.05) is 0 Å². The first-order valence-electron chi connectivity index (χ1n) is 11.2.